The van der Waals surface area contributed by atoms with E-state index in [-0.39, 0.29) is 19.4 Å². The van der Waals surface area contributed by atoms with Crippen LogP contribution in [0, 0.1) is 0 Å². The average molecular weight is 346 g/mol. The van der Waals surface area contributed by atoms with Gasteiger partial charge in [0.1, 0.15) is 17.7 Å². The second-order valence-electron chi connectivity index (χ2n) is 6.12. The maximum Gasteiger partial charge on any atom is 0.408 e. The van der Waals surface area contributed by atoms with E-state index in [0.29, 0.717) is 0 Å². The Bertz CT molecular complexity index is 471. The van der Waals surface area contributed by atoms with Gasteiger partial charge in [-0.05, 0) is 41.0 Å². The Balaban J connectivity index is 4.44. The van der Waals surface area contributed by atoms with E-state index in [1.165, 1.54) is 6.92 Å². The lowest BCUT2D eigenvalue weighted by Crippen LogP contribution is -2.45. The number of carbonyl (C=O) groups is 4. The van der Waals surface area contributed by atoms with Gasteiger partial charge in [-0.1, -0.05) is 0 Å². The van der Waals surface area contributed by atoms with Gasteiger partial charge in [0, 0.05) is 6.42 Å². The first-order valence-electron chi connectivity index (χ1n) is 7.64. The molecule has 0 aromatic rings. The van der Waals surface area contributed by atoms with Gasteiger partial charge in [-0.2, -0.15) is 0 Å². The molecule has 0 radical (unpaired) electrons. The zero-order chi connectivity index (χ0) is 18.9. The lowest BCUT2D eigenvalue weighted by Gasteiger charge is -2.22. The summed E-state index contributed by atoms with van der Waals surface area (Å²) in [5.41, 5.74) is -0.764. The number of nitrogens with one attached hydrogen (secondary N) is 2. The highest BCUT2D eigenvalue weighted by Crippen LogP contribution is 2.08. The predicted molar refractivity (Wildman–Crippen MR) is 84.3 cm³/mol. The quantitative estimate of drug-likeness (QED) is 0.554. The van der Waals surface area contributed by atoms with Crippen molar-refractivity contribution < 1.29 is 33.8 Å². The molecule has 0 rings (SSSR count). The first-order chi connectivity index (χ1) is 11.0. The topological polar surface area (TPSA) is 131 Å². The van der Waals surface area contributed by atoms with Crippen LogP contribution in [0.25, 0.3) is 0 Å². The van der Waals surface area contributed by atoms with Crippen LogP contribution in [0.15, 0.2) is 0 Å². The highest BCUT2D eigenvalue weighted by molar-refractivity contribution is 5.85. The van der Waals surface area contributed by atoms with Gasteiger partial charge in [-0.25, -0.2) is 14.4 Å². The van der Waals surface area contributed by atoms with Crippen LogP contribution in [0.1, 0.15) is 47.5 Å². The molecule has 9 heteroatoms. The van der Waals surface area contributed by atoms with Crippen molar-refractivity contribution in [1.29, 1.82) is 0 Å². The van der Waals surface area contributed by atoms with E-state index in [0.717, 1.165) is 0 Å². The van der Waals surface area contributed by atoms with Crippen molar-refractivity contribution in [2.45, 2.75) is 65.1 Å². The average Bonchev–Trinajstić information content (AvgIpc) is 2.41. The van der Waals surface area contributed by atoms with Crippen LogP contribution in [0.3, 0.4) is 0 Å². The van der Waals surface area contributed by atoms with Crippen molar-refractivity contribution in [3.63, 3.8) is 0 Å². The van der Waals surface area contributed by atoms with Crippen LogP contribution in [-0.4, -0.2) is 53.3 Å². The molecule has 0 bridgehead atoms. The number of carboxylic acids is 1. The van der Waals surface area contributed by atoms with Crippen LogP contribution in [0.2, 0.25) is 0 Å². The first kappa shape index (κ1) is 21.7. The zero-order valence-corrected chi connectivity index (χ0v) is 14.7. The van der Waals surface area contributed by atoms with Gasteiger partial charge in [-0.15, -0.1) is 0 Å². The summed E-state index contributed by atoms with van der Waals surface area (Å²) in [6.45, 7) is 8.24. The number of hydrogen-bond acceptors (Lipinski definition) is 6. The fourth-order valence-electron chi connectivity index (χ4n) is 1.62. The van der Waals surface area contributed by atoms with Crippen molar-refractivity contribution in [2.75, 3.05) is 6.61 Å². The molecule has 3 N–H and O–H groups in total. The highest BCUT2D eigenvalue weighted by Gasteiger charge is 2.25. The Morgan fingerprint density at radius 1 is 1.12 bits per heavy atom. The van der Waals surface area contributed by atoms with E-state index in [1.807, 2.05) is 0 Å². The van der Waals surface area contributed by atoms with Gasteiger partial charge in [-0.3, -0.25) is 4.79 Å². The normalized spacial score (nSPS) is 13.4. The molecule has 0 aliphatic carbocycles. The number of ether oxygens (including phenoxy) is 2. The second-order valence-corrected chi connectivity index (χ2v) is 6.12. The highest BCUT2D eigenvalue weighted by atomic mass is 16.6. The van der Waals surface area contributed by atoms with Gasteiger partial charge in [0.15, 0.2) is 0 Å². The molecule has 138 valence electrons. The zero-order valence-electron chi connectivity index (χ0n) is 14.7. The Hall–Kier alpha value is -2.32. The standard InChI is InChI=1S/C15H26N2O7/c1-6-23-13(21)9(2)16-11(18)8-7-10(12(19)20)17-14(22)24-15(3,4)5/h9-10H,6-8H2,1-5H3,(H,16,18)(H,17,22)(H,19,20). The number of carbonyl (C=O) groups excluding carboxylic acids is 3. The molecular formula is C15H26N2O7. The van der Waals surface area contributed by atoms with Crippen LogP contribution >= 0.6 is 0 Å². The van der Waals surface area contributed by atoms with E-state index in [4.69, 9.17) is 14.6 Å². The predicted octanol–water partition coefficient (Wildman–Crippen LogP) is 0.812. The summed E-state index contributed by atoms with van der Waals surface area (Å²) in [5.74, 6) is -2.38. The molecule has 0 spiro atoms. The lowest BCUT2D eigenvalue weighted by molar-refractivity contribution is -0.147. The molecule has 0 aliphatic rings. The largest absolute Gasteiger partial charge is 0.480 e. The summed E-state index contributed by atoms with van der Waals surface area (Å²) in [7, 11) is 0. The first-order valence-corrected chi connectivity index (χ1v) is 7.64. The van der Waals surface area contributed by atoms with Crippen molar-refractivity contribution in [3.8, 4) is 0 Å². The SMILES string of the molecule is CCOC(=O)C(C)NC(=O)CCC(NC(=O)OC(C)(C)C)C(=O)O. The van der Waals surface area contributed by atoms with Crippen molar-refractivity contribution in [3.05, 3.63) is 0 Å². The Morgan fingerprint density at radius 3 is 2.17 bits per heavy atom. The molecule has 9 nitrogen and oxygen atoms in total. The number of rotatable bonds is 8. The van der Waals surface area contributed by atoms with E-state index < -0.39 is 41.6 Å². The summed E-state index contributed by atoms with van der Waals surface area (Å²) in [5, 5.41) is 13.7. The smallest absolute Gasteiger partial charge is 0.408 e. The number of hydrogen-bond donors (Lipinski definition) is 3. The molecule has 0 saturated carbocycles. The monoisotopic (exact) mass is 346 g/mol. The third-order valence-corrected chi connectivity index (χ3v) is 2.67. The molecule has 0 heterocycles. The van der Waals surface area contributed by atoms with E-state index in [9.17, 15) is 19.2 Å². The van der Waals surface area contributed by atoms with Gasteiger partial charge in [0.2, 0.25) is 5.91 Å². The minimum absolute atomic E-state index is 0.143. The molecule has 0 aromatic carbocycles. The molecule has 2 atom stereocenters. The Kier molecular flexibility index (Phi) is 8.80. The van der Waals surface area contributed by atoms with Gasteiger partial charge >= 0.3 is 18.0 Å². The van der Waals surface area contributed by atoms with Crippen molar-refractivity contribution >= 4 is 23.9 Å². The minimum atomic E-state index is -1.29. The Labute approximate surface area is 141 Å². The summed E-state index contributed by atoms with van der Waals surface area (Å²) in [6, 6.07) is -2.11. The van der Waals surface area contributed by atoms with Crippen molar-refractivity contribution in [2.24, 2.45) is 0 Å². The van der Waals surface area contributed by atoms with Gasteiger partial charge < -0.3 is 25.2 Å². The fraction of sp³-hybridized carbons (Fsp3) is 0.733. The maximum atomic E-state index is 11.7. The molecule has 0 aliphatic heterocycles. The van der Waals surface area contributed by atoms with E-state index >= 15 is 0 Å². The number of aliphatic carboxylic acids is 1. The van der Waals surface area contributed by atoms with Crippen LogP contribution in [-0.2, 0) is 23.9 Å². The molecule has 24 heavy (non-hydrogen) atoms. The third kappa shape index (κ3) is 9.65. The number of amides is 2. The van der Waals surface area contributed by atoms with Crippen LogP contribution in [0.5, 0.6) is 0 Å². The minimum Gasteiger partial charge on any atom is -0.480 e. The maximum absolute atomic E-state index is 11.7. The van der Waals surface area contributed by atoms with Crippen molar-refractivity contribution in [1.82, 2.24) is 10.6 Å². The van der Waals surface area contributed by atoms with E-state index in [2.05, 4.69) is 10.6 Å². The lowest BCUT2D eigenvalue weighted by atomic mass is 10.1. The number of alkyl carbamates (subject to hydrolysis) is 1. The summed E-state index contributed by atoms with van der Waals surface area (Å²) in [6.07, 6.45) is -1.21. The molecule has 0 saturated heterocycles. The summed E-state index contributed by atoms with van der Waals surface area (Å²) in [4.78, 5) is 45.9. The Morgan fingerprint density at radius 2 is 1.71 bits per heavy atom. The fourth-order valence-corrected chi connectivity index (χ4v) is 1.62. The second kappa shape index (κ2) is 9.74. The van der Waals surface area contributed by atoms with E-state index in [1.54, 1.807) is 27.7 Å². The van der Waals surface area contributed by atoms with Gasteiger partial charge in [0.25, 0.3) is 0 Å². The summed E-state index contributed by atoms with van der Waals surface area (Å²) < 4.78 is 9.72. The number of esters is 1. The van der Waals surface area contributed by atoms with Crippen LogP contribution < -0.4 is 10.6 Å². The van der Waals surface area contributed by atoms with Crippen LogP contribution in [0.4, 0.5) is 4.79 Å². The van der Waals surface area contributed by atoms with Gasteiger partial charge in [0.05, 0.1) is 6.61 Å². The summed E-state index contributed by atoms with van der Waals surface area (Å²) >= 11 is 0. The molecular weight excluding hydrogens is 320 g/mol. The third-order valence-electron chi connectivity index (χ3n) is 2.67. The molecule has 2 amide bonds. The molecule has 0 fully saturated rings. The molecule has 0 aromatic heterocycles. The molecule has 2 unspecified atom stereocenters. The number of carboxylic acid groups (broad SMARTS) is 1.